The second kappa shape index (κ2) is 9.72. The highest BCUT2D eigenvalue weighted by Crippen LogP contribution is 2.33. The van der Waals surface area contributed by atoms with Gasteiger partial charge in [-0.3, -0.25) is 19.9 Å². The van der Waals surface area contributed by atoms with Gasteiger partial charge in [0.2, 0.25) is 0 Å². The third kappa shape index (κ3) is 4.56. The van der Waals surface area contributed by atoms with Crippen molar-refractivity contribution in [3.63, 3.8) is 0 Å². The van der Waals surface area contributed by atoms with Crippen LogP contribution in [0.3, 0.4) is 0 Å². The Bertz CT molecular complexity index is 1070. The summed E-state index contributed by atoms with van der Waals surface area (Å²) in [6, 6.07) is 14.2. The molecule has 34 heavy (non-hydrogen) atoms. The maximum absolute atomic E-state index is 13.3. The Morgan fingerprint density at radius 1 is 1.15 bits per heavy atom. The number of nitrogens with zero attached hydrogens (tertiary/aromatic N) is 2. The van der Waals surface area contributed by atoms with Gasteiger partial charge in [0.15, 0.2) is 0 Å². The fourth-order valence-corrected chi connectivity index (χ4v) is 4.36. The summed E-state index contributed by atoms with van der Waals surface area (Å²) in [4.78, 5) is 40.9. The highest BCUT2D eigenvalue weighted by Gasteiger charge is 2.52. The van der Waals surface area contributed by atoms with Crippen molar-refractivity contribution in [3.05, 3.63) is 59.7 Å². The van der Waals surface area contributed by atoms with Crippen LogP contribution in [0.4, 0.5) is 4.79 Å². The first-order valence-corrected chi connectivity index (χ1v) is 11.4. The standard InChI is InChI=1S/C25H30N4O5/c1-4-25(18-8-6-5-7-9-18)23(31)29(24(32)26-25)27-22(30)16-28(19-10-11-19)15-17-14-20(33-2)12-13-21(17)34-3/h5-9,12-14,19H,4,10-11,15-16H2,1-3H3,(H,26,32)(H,27,30)/t25-/m1/s1. The minimum Gasteiger partial charge on any atom is -0.497 e. The van der Waals surface area contributed by atoms with Crippen molar-refractivity contribution >= 4 is 17.8 Å². The number of rotatable bonds is 10. The molecule has 0 spiro atoms. The SMILES string of the molecule is CC[C@]1(c2ccccc2)NC(=O)N(NC(=O)CN(Cc2cc(OC)ccc2OC)C2CC2)C1=O. The van der Waals surface area contributed by atoms with Gasteiger partial charge in [-0.2, -0.15) is 5.01 Å². The molecule has 0 bridgehead atoms. The van der Waals surface area contributed by atoms with Crippen LogP contribution in [0.15, 0.2) is 48.5 Å². The zero-order valence-electron chi connectivity index (χ0n) is 19.7. The van der Waals surface area contributed by atoms with E-state index < -0.39 is 23.4 Å². The van der Waals surface area contributed by atoms with Crippen molar-refractivity contribution in [3.8, 4) is 11.5 Å². The fraction of sp³-hybridized carbons (Fsp3) is 0.400. The van der Waals surface area contributed by atoms with Gasteiger partial charge in [0.1, 0.15) is 17.0 Å². The highest BCUT2D eigenvalue weighted by molar-refractivity contribution is 6.08. The van der Waals surface area contributed by atoms with Gasteiger partial charge in [0, 0.05) is 18.2 Å². The molecule has 4 amide bonds. The van der Waals surface area contributed by atoms with Crippen LogP contribution in [-0.4, -0.2) is 54.6 Å². The maximum atomic E-state index is 13.3. The molecule has 4 rings (SSSR count). The second-order valence-electron chi connectivity index (χ2n) is 8.54. The summed E-state index contributed by atoms with van der Waals surface area (Å²) in [6.45, 7) is 2.33. The molecule has 9 nitrogen and oxygen atoms in total. The van der Waals surface area contributed by atoms with E-state index in [2.05, 4.69) is 10.7 Å². The van der Waals surface area contributed by atoms with Crippen LogP contribution in [0.5, 0.6) is 11.5 Å². The first-order chi connectivity index (χ1) is 16.4. The monoisotopic (exact) mass is 466 g/mol. The lowest BCUT2D eigenvalue weighted by Crippen LogP contribution is -2.51. The molecule has 9 heteroatoms. The number of urea groups is 1. The zero-order chi connectivity index (χ0) is 24.3. The number of ether oxygens (including phenoxy) is 2. The number of hydrogen-bond acceptors (Lipinski definition) is 6. The molecule has 1 saturated carbocycles. The lowest BCUT2D eigenvalue weighted by Gasteiger charge is -2.26. The number of nitrogens with one attached hydrogen (secondary N) is 2. The third-order valence-corrected chi connectivity index (χ3v) is 6.40. The highest BCUT2D eigenvalue weighted by atomic mass is 16.5. The average molecular weight is 467 g/mol. The summed E-state index contributed by atoms with van der Waals surface area (Å²) in [5.74, 6) is 0.480. The smallest absolute Gasteiger partial charge is 0.344 e. The summed E-state index contributed by atoms with van der Waals surface area (Å²) in [6.07, 6.45) is 2.32. The molecule has 0 aromatic heterocycles. The number of carbonyl (C=O) groups excluding carboxylic acids is 3. The Morgan fingerprint density at radius 2 is 1.88 bits per heavy atom. The molecule has 0 unspecified atom stereocenters. The first kappa shape index (κ1) is 23.6. The van der Waals surface area contributed by atoms with Crippen molar-refractivity contribution in [2.45, 2.75) is 44.3 Å². The Morgan fingerprint density at radius 3 is 2.50 bits per heavy atom. The molecular weight excluding hydrogens is 436 g/mol. The van der Waals surface area contributed by atoms with E-state index >= 15 is 0 Å². The van der Waals surface area contributed by atoms with Crippen molar-refractivity contribution < 1.29 is 23.9 Å². The maximum Gasteiger partial charge on any atom is 0.344 e. The van der Waals surface area contributed by atoms with E-state index in [1.165, 1.54) is 0 Å². The van der Waals surface area contributed by atoms with Crippen LogP contribution >= 0.6 is 0 Å². The Balaban J connectivity index is 1.47. The summed E-state index contributed by atoms with van der Waals surface area (Å²) in [7, 11) is 3.20. The number of hydrogen-bond donors (Lipinski definition) is 2. The number of carbonyl (C=O) groups is 3. The predicted octanol–water partition coefficient (Wildman–Crippen LogP) is 2.56. The van der Waals surface area contributed by atoms with Crippen LogP contribution < -0.4 is 20.2 Å². The minimum absolute atomic E-state index is 0.0343. The quantitative estimate of drug-likeness (QED) is 0.522. The van der Waals surface area contributed by atoms with E-state index in [0.717, 1.165) is 23.4 Å². The summed E-state index contributed by atoms with van der Waals surface area (Å²) >= 11 is 0. The van der Waals surface area contributed by atoms with Crippen LogP contribution in [0, 0.1) is 0 Å². The molecule has 1 atom stereocenters. The molecule has 2 aliphatic rings. The fourth-order valence-electron chi connectivity index (χ4n) is 4.36. The van der Waals surface area contributed by atoms with Crippen LogP contribution in [-0.2, 0) is 21.7 Å². The molecule has 180 valence electrons. The predicted molar refractivity (Wildman–Crippen MR) is 125 cm³/mol. The average Bonchev–Trinajstić information content (AvgIpc) is 3.67. The van der Waals surface area contributed by atoms with Gasteiger partial charge in [-0.15, -0.1) is 0 Å². The molecule has 2 fully saturated rings. The van der Waals surface area contributed by atoms with Gasteiger partial charge in [-0.1, -0.05) is 37.3 Å². The molecule has 2 aromatic carbocycles. The largest absolute Gasteiger partial charge is 0.497 e. The van der Waals surface area contributed by atoms with Crippen molar-refractivity contribution in [1.29, 1.82) is 0 Å². The van der Waals surface area contributed by atoms with Gasteiger partial charge in [0.25, 0.3) is 11.8 Å². The van der Waals surface area contributed by atoms with Crippen LogP contribution in [0.1, 0.15) is 37.3 Å². The molecule has 2 N–H and O–H groups in total. The van der Waals surface area contributed by atoms with E-state index in [-0.39, 0.29) is 12.6 Å². The first-order valence-electron chi connectivity index (χ1n) is 11.4. The van der Waals surface area contributed by atoms with Gasteiger partial charge < -0.3 is 14.8 Å². The minimum atomic E-state index is -1.20. The zero-order valence-corrected chi connectivity index (χ0v) is 19.7. The lowest BCUT2D eigenvalue weighted by atomic mass is 9.87. The third-order valence-electron chi connectivity index (χ3n) is 6.40. The molecule has 1 saturated heterocycles. The summed E-state index contributed by atoms with van der Waals surface area (Å²) in [5, 5.41) is 3.57. The van der Waals surface area contributed by atoms with Gasteiger partial charge in [0.05, 0.1) is 20.8 Å². The van der Waals surface area contributed by atoms with E-state index in [1.54, 1.807) is 26.4 Å². The normalized spacial score (nSPS) is 19.8. The number of amides is 4. The van der Waals surface area contributed by atoms with E-state index in [9.17, 15) is 14.4 Å². The Kier molecular flexibility index (Phi) is 6.74. The summed E-state index contributed by atoms with van der Waals surface area (Å²) in [5.41, 5.74) is 2.90. The number of imide groups is 1. The van der Waals surface area contributed by atoms with E-state index in [1.807, 2.05) is 48.2 Å². The number of hydrazine groups is 1. The molecule has 1 aliphatic heterocycles. The lowest BCUT2D eigenvalue weighted by molar-refractivity contribution is -0.140. The van der Waals surface area contributed by atoms with Crippen LogP contribution in [0.25, 0.3) is 0 Å². The summed E-state index contributed by atoms with van der Waals surface area (Å²) < 4.78 is 10.8. The molecule has 1 heterocycles. The topological polar surface area (TPSA) is 100 Å². The molecule has 1 aliphatic carbocycles. The van der Waals surface area contributed by atoms with E-state index in [4.69, 9.17) is 9.47 Å². The Hall–Kier alpha value is -3.59. The van der Waals surface area contributed by atoms with Crippen molar-refractivity contribution in [1.82, 2.24) is 20.7 Å². The molecular formula is C25H30N4O5. The van der Waals surface area contributed by atoms with Crippen molar-refractivity contribution in [2.75, 3.05) is 20.8 Å². The van der Waals surface area contributed by atoms with Gasteiger partial charge >= 0.3 is 6.03 Å². The molecule has 0 radical (unpaired) electrons. The van der Waals surface area contributed by atoms with Gasteiger partial charge in [-0.25, -0.2) is 4.79 Å². The second-order valence-corrected chi connectivity index (χ2v) is 8.54. The van der Waals surface area contributed by atoms with E-state index in [0.29, 0.717) is 30.0 Å². The Labute approximate surface area is 199 Å². The number of methoxy groups -OCH3 is 2. The molecule has 2 aromatic rings. The van der Waals surface area contributed by atoms with Crippen molar-refractivity contribution in [2.24, 2.45) is 0 Å². The number of benzene rings is 2. The van der Waals surface area contributed by atoms with Gasteiger partial charge in [-0.05, 0) is 43.0 Å². The van der Waals surface area contributed by atoms with Crippen LogP contribution in [0.2, 0.25) is 0 Å².